The number of anilines is 3. The van der Waals surface area contributed by atoms with E-state index in [4.69, 9.17) is 0 Å². The molecule has 0 spiro atoms. The predicted octanol–water partition coefficient (Wildman–Crippen LogP) is 2.09. The van der Waals surface area contributed by atoms with Gasteiger partial charge in [0.25, 0.3) is 0 Å². The number of hydrogen-bond acceptors (Lipinski definition) is 7. The molecule has 1 aliphatic heterocycles. The summed E-state index contributed by atoms with van der Waals surface area (Å²) in [5.74, 6) is 4.57. The highest BCUT2D eigenvalue weighted by Gasteiger charge is 2.18. The molecule has 7 heteroatoms. The van der Waals surface area contributed by atoms with Gasteiger partial charge in [0.15, 0.2) is 0 Å². The molecule has 1 aromatic rings. The molecule has 1 aliphatic rings. The first-order valence-electron chi connectivity index (χ1n) is 7.86. The summed E-state index contributed by atoms with van der Waals surface area (Å²) in [4.78, 5) is 18.3. The maximum Gasteiger partial charge on any atom is 0.232 e. The van der Waals surface area contributed by atoms with Crippen molar-refractivity contribution in [1.82, 2.24) is 15.0 Å². The highest BCUT2D eigenvalue weighted by Crippen LogP contribution is 2.19. The summed E-state index contributed by atoms with van der Waals surface area (Å²) in [6, 6.07) is 0. The molecule has 0 unspecified atom stereocenters. The van der Waals surface area contributed by atoms with E-state index in [1.807, 2.05) is 11.8 Å². The standard InChI is InChI=1S/C14H26N6S/c1-4-7-15-12-16-13(19(5-2)6-3)18-14(17-12)20-8-10-21-11-9-20/h4-11H2,1-3H3,(H,15,16,17,18). The van der Waals surface area contributed by atoms with Crippen LogP contribution in [0.15, 0.2) is 0 Å². The number of aromatic nitrogens is 3. The van der Waals surface area contributed by atoms with Crippen LogP contribution in [0.1, 0.15) is 27.2 Å². The Morgan fingerprint density at radius 2 is 1.81 bits per heavy atom. The largest absolute Gasteiger partial charge is 0.354 e. The van der Waals surface area contributed by atoms with E-state index in [2.05, 4.69) is 50.8 Å². The Morgan fingerprint density at radius 1 is 1.10 bits per heavy atom. The van der Waals surface area contributed by atoms with Crippen LogP contribution < -0.4 is 15.1 Å². The molecule has 1 N–H and O–H groups in total. The van der Waals surface area contributed by atoms with Crippen LogP contribution in [-0.2, 0) is 0 Å². The van der Waals surface area contributed by atoms with Crippen molar-refractivity contribution in [2.24, 2.45) is 0 Å². The first kappa shape index (κ1) is 16.1. The number of nitrogens with one attached hydrogen (secondary N) is 1. The maximum absolute atomic E-state index is 4.69. The molecule has 1 fully saturated rings. The molecule has 21 heavy (non-hydrogen) atoms. The van der Waals surface area contributed by atoms with Gasteiger partial charge in [0.1, 0.15) is 0 Å². The first-order valence-corrected chi connectivity index (χ1v) is 9.01. The zero-order valence-corrected chi connectivity index (χ0v) is 14.1. The molecule has 6 nitrogen and oxygen atoms in total. The normalized spacial score (nSPS) is 15.1. The zero-order valence-electron chi connectivity index (χ0n) is 13.3. The van der Waals surface area contributed by atoms with Gasteiger partial charge in [0.2, 0.25) is 17.8 Å². The molecule has 118 valence electrons. The van der Waals surface area contributed by atoms with Gasteiger partial charge in [0, 0.05) is 44.2 Å². The molecule has 0 bridgehead atoms. The second kappa shape index (κ2) is 8.26. The van der Waals surface area contributed by atoms with E-state index < -0.39 is 0 Å². The van der Waals surface area contributed by atoms with Gasteiger partial charge >= 0.3 is 0 Å². The molecule has 0 radical (unpaired) electrons. The van der Waals surface area contributed by atoms with Gasteiger partial charge in [-0.05, 0) is 20.3 Å². The van der Waals surface area contributed by atoms with Crippen molar-refractivity contribution < 1.29 is 0 Å². The van der Waals surface area contributed by atoms with Crippen molar-refractivity contribution in [1.29, 1.82) is 0 Å². The second-order valence-electron chi connectivity index (χ2n) is 4.96. The van der Waals surface area contributed by atoms with Gasteiger partial charge in [-0.15, -0.1) is 0 Å². The van der Waals surface area contributed by atoms with E-state index in [9.17, 15) is 0 Å². The summed E-state index contributed by atoms with van der Waals surface area (Å²) in [5, 5.41) is 3.30. The van der Waals surface area contributed by atoms with E-state index in [1.165, 1.54) is 0 Å². The van der Waals surface area contributed by atoms with Crippen LogP contribution in [0.5, 0.6) is 0 Å². The summed E-state index contributed by atoms with van der Waals surface area (Å²) >= 11 is 1.99. The Hall–Kier alpha value is -1.24. The Kier molecular flexibility index (Phi) is 6.35. The van der Waals surface area contributed by atoms with Gasteiger partial charge in [-0.25, -0.2) is 0 Å². The third kappa shape index (κ3) is 4.36. The van der Waals surface area contributed by atoms with E-state index in [-0.39, 0.29) is 0 Å². The second-order valence-corrected chi connectivity index (χ2v) is 6.18. The van der Waals surface area contributed by atoms with Crippen LogP contribution in [-0.4, -0.2) is 59.2 Å². The monoisotopic (exact) mass is 310 g/mol. The number of hydrogen-bond donors (Lipinski definition) is 1. The molecule has 1 aromatic heterocycles. The minimum absolute atomic E-state index is 0.696. The van der Waals surface area contributed by atoms with E-state index in [1.54, 1.807) is 0 Å². The molecule has 0 atom stereocenters. The summed E-state index contributed by atoms with van der Waals surface area (Å²) in [5.41, 5.74) is 0. The minimum Gasteiger partial charge on any atom is -0.354 e. The van der Waals surface area contributed by atoms with Crippen molar-refractivity contribution in [2.75, 3.05) is 59.3 Å². The molecule has 0 saturated carbocycles. The van der Waals surface area contributed by atoms with E-state index in [0.717, 1.165) is 62.5 Å². The summed E-state index contributed by atoms with van der Waals surface area (Å²) in [7, 11) is 0. The molecule has 0 aromatic carbocycles. The van der Waals surface area contributed by atoms with Gasteiger partial charge in [-0.2, -0.15) is 26.7 Å². The summed E-state index contributed by atoms with van der Waals surface area (Å²) in [6.45, 7) is 11.1. The van der Waals surface area contributed by atoms with Gasteiger partial charge in [0.05, 0.1) is 0 Å². The molecular formula is C14H26N6S. The smallest absolute Gasteiger partial charge is 0.232 e. The molecule has 2 heterocycles. The number of thioether (sulfide) groups is 1. The predicted molar refractivity (Wildman–Crippen MR) is 91.7 cm³/mol. The fourth-order valence-corrected chi connectivity index (χ4v) is 3.13. The van der Waals surface area contributed by atoms with Gasteiger partial charge in [-0.1, -0.05) is 6.92 Å². The highest BCUT2D eigenvalue weighted by molar-refractivity contribution is 7.99. The third-order valence-corrected chi connectivity index (χ3v) is 4.43. The highest BCUT2D eigenvalue weighted by atomic mass is 32.2. The molecule has 0 aliphatic carbocycles. The molecular weight excluding hydrogens is 284 g/mol. The van der Waals surface area contributed by atoms with Crippen molar-refractivity contribution in [3.63, 3.8) is 0 Å². The molecule has 1 saturated heterocycles. The van der Waals surface area contributed by atoms with Crippen molar-refractivity contribution in [3.8, 4) is 0 Å². The summed E-state index contributed by atoms with van der Waals surface area (Å²) < 4.78 is 0. The van der Waals surface area contributed by atoms with Crippen LogP contribution in [0.2, 0.25) is 0 Å². The fraction of sp³-hybridized carbons (Fsp3) is 0.786. The average molecular weight is 310 g/mol. The minimum atomic E-state index is 0.696. The van der Waals surface area contributed by atoms with Crippen molar-refractivity contribution >= 4 is 29.6 Å². The third-order valence-electron chi connectivity index (χ3n) is 3.49. The van der Waals surface area contributed by atoms with Crippen molar-refractivity contribution in [2.45, 2.75) is 27.2 Å². The quantitative estimate of drug-likeness (QED) is 0.827. The fourth-order valence-electron chi connectivity index (χ4n) is 2.22. The first-order chi connectivity index (χ1) is 10.3. The Labute approximate surface area is 131 Å². The van der Waals surface area contributed by atoms with Gasteiger partial charge < -0.3 is 15.1 Å². The lowest BCUT2D eigenvalue weighted by Crippen LogP contribution is -2.35. The lowest BCUT2D eigenvalue weighted by molar-refractivity contribution is 0.773. The van der Waals surface area contributed by atoms with E-state index >= 15 is 0 Å². The van der Waals surface area contributed by atoms with Crippen LogP contribution in [0.3, 0.4) is 0 Å². The molecule has 0 amide bonds. The lowest BCUT2D eigenvalue weighted by Gasteiger charge is -2.28. The van der Waals surface area contributed by atoms with Crippen LogP contribution in [0.25, 0.3) is 0 Å². The lowest BCUT2D eigenvalue weighted by atomic mass is 10.5. The Balaban J connectivity index is 2.26. The summed E-state index contributed by atoms with van der Waals surface area (Å²) in [6.07, 6.45) is 1.06. The Morgan fingerprint density at radius 3 is 2.43 bits per heavy atom. The van der Waals surface area contributed by atoms with Gasteiger partial charge in [-0.3, -0.25) is 0 Å². The average Bonchev–Trinajstić information content (AvgIpc) is 2.55. The van der Waals surface area contributed by atoms with Crippen LogP contribution >= 0.6 is 11.8 Å². The Bertz CT molecular complexity index is 431. The number of nitrogens with zero attached hydrogens (tertiary/aromatic N) is 5. The number of rotatable bonds is 7. The maximum atomic E-state index is 4.69. The van der Waals surface area contributed by atoms with E-state index in [0.29, 0.717) is 5.95 Å². The topological polar surface area (TPSA) is 57.2 Å². The SMILES string of the molecule is CCCNc1nc(N(CC)CC)nc(N2CCSCC2)n1. The zero-order chi connectivity index (χ0) is 15.1. The van der Waals surface area contributed by atoms with Crippen molar-refractivity contribution in [3.05, 3.63) is 0 Å². The van der Waals surface area contributed by atoms with Crippen LogP contribution in [0.4, 0.5) is 17.8 Å². The van der Waals surface area contributed by atoms with Crippen LogP contribution in [0, 0.1) is 0 Å². The molecule has 2 rings (SSSR count).